The SMILES string of the molecule is O=C1CC(CCOC(=O)C(F)(F)F)N1. The fraction of sp³-hybridized carbons (Fsp3) is 0.714. The third-order valence-corrected chi connectivity index (χ3v) is 1.73. The molecule has 0 aromatic rings. The van der Waals surface area contributed by atoms with Crippen LogP contribution in [0, 0.1) is 0 Å². The molecular formula is C7H8F3NO3. The summed E-state index contributed by atoms with van der Waals surface area (Å²) in [5.74, 6) is -2.33. The second-order valence-corrected chi connectivity index (χ2v) is 2.89. The van der Waals surface area contributed by atoms with Crippen LogP contribution in [0.5, 0.6) is 0 Å². The highest BCUT2D eigenvalue weighted by Crippen LogP contribution is 2.17. The molecule has 14 heavy (non-hydrogen) atoms. The monoisotopic (exact) mass is 211 g/mol. The number of nitrogens with one attached hydrogen (secondary N) is 1. The van der Waals surface area contributed by atoms with E-state index >= 15 is 0 Å². The Hall–Kier alpha value is -1.27. The van der Waals surface area contributed by atoms with Gasteiger partial charge in [0, 0.05) is 18.9 Å². The van der Waals surface area contributed by atoms with Crippen LogP contribution in [0.15, 0.2) is 0 Å². The number of carbonyl (C=O) groups is 2. The van der Waals surface area contributed by atoms with Gasteiger partial charge in [-0.2, -0.15) is 13.2 Å². The first-order valence-corrected chi connectivity index (χ1v) is 3.93. The number of carbonyl (C=O) groups excluding carboxylic acids is 2. The van der Waals surface area contributed by atoms with E-state index in [2.05, 4.69) is 10.1 Å². The minimum Gasteiger partial charge on any atom is -0.459 e. The molecule has 0 aliphatic carbocycles. The largest absolute Gasteiger partial charge is 0.490 e. The molecule has 0 bridgehead atoms. The van der Waals surface area contributed by atoms with Crippen LogP contribution < -0.4 is 5.32 Å². The predicted octanol–water partition coefficient (Wildman–Crippen LogP) is 0.370. The van der Waals surface area contributed by atoms with E-state index < -0.39 is 12.1 Å². The number of β-lactam (4-membered cyclic amide) rings is 1. The highest BCUT2D eigenvalue weighted by atomic mass is 19.4. The summed E-state index contributed by atoms with van der Waals surface area (Å²) in [5, 5.41) is 2.44. The molecule has 1 amide bonds. The lowest BCUT2D eigenvalue weighted by Gasteiger charge is -2.26. The number of rotatable bonds is 3. The quantitative estimate of drug-likeness (QED) is 0.542. The molecule has 1 fully saturated rings. The van der Waals surface area contributed by atoms with E-state index in [4.69, 9.17) is 0 Å². The molecule has 1 rings (SSSR count). The minimum atomic E-state index is -4.94. The van der Waals surface area contributed by atoms with E-state index in [-0.39, 0.29) is 31.4 Å². The second kappa shape index (κ2) is 3.85. The Labute approximate surface area is 77.4 Å². The molecule has 1 aliphatic rings. The summed E-state index contributed by atoms with van der Waals surface area (Å²) in [6, 6.07) is -0.163. The molecule has 1 N–H and O–H groups in total. The van der Waals surface area contributed by atoms with E-state index in [1.807, 2.05) is 0 Å². The molecule has 0 saturated carbocycles. The molecule has 0 aromatic carbocycles. The van der Waals surface area contributed by atoms with E-state index in [9.17, 15) is 22.8 Å². The Balaban J connectivity index is 2.10. The summed E-state index contributed by atoms with van der Waals surface area (Å²) in [6.45, 7) is -0.330. The molecule has 1 heterocycles. The molecule has 1 saturated heterocycles. The molecule has 4 nitrogen and oxygen atoms in total. The van der Waals surface area contributed by atoms with E-state index in [1.54, 1.807) is 0 Å². The van der Waals surface area contributed by atoms with Gasteiger partial charge in [0.25, 0.3) is 0 Å². The molecule has 0 radical (unpaired) electrons. The van der Waals surface area contributed by atoms with Crippen LogP contribution in [-0.4, -0.2) is 30.7 Å². The first kappa shape index (κ1) is 10.8. The van der Waals surface area contributed by atoms with Gasteiger partial charge in [0.05, 0.1) is 6.61 Å². The van der Waals surface area contributed by atoms with E-state index in [1.165, 1.54) is 0 Å². The van der Waals surface area contributed by atoms with Crippen molar-refractivity contribution in [2.75, 3.05) is 6.61 Å². The Morgan fingerprint density at radius 1 is 1.57 bits per heavy atom. The fourth-order valence-corrected chi connectivity index (χ4v) is 0.980. The molecule has 80 valence electrons. The Morgan fingerprint density at radius 3 is 2.57 bits per heavy atom. The van der Waals surface area contributed by atoms with Gasteiger partial charge in [-0.3, -0.25) is 4.79 Å². The van der Waals surface area contributed by atoms with E-state index in [0.717, 1.165) is 0 Å². The summed E-state index contributed by atoms with van der Waals surface area (Å²) in [4.78, 5) is 20.5. The van der Waals surface area contributed by atoms with E-state index in [0.29, 0.717) is 0 Å². The van der Waals surface area contributed by atoms with Crippen molar-refractivity contribution in [2.24, 2.45) is 0 Å². The highest BCUT2D eigenvalue weighted by Gasteiger charge is 2.41. The number of alkyl halides is 3. The predicted molar refractivity (Wildman–Crippen MR) is 38.2 cm³/mol. The normalized spacial score (nSPS) is 21.1. The molecule has 1 aliphatic heterocycles. The van der Waals surface area contributed by atoms with Gasteiger partial charge in [-0.1, -0.05) is 0 Å². The third kappa shape index (κ3) is 2.90. The smallest absolute Gasteiger partial charge is 0.459 e. The highest BCUT2D eigenvalue weighted by molar-refractivity contribution is 5.82. The van der Waals surface area contributed by atoms with Crippen molar-refractivity contribution in [3.8, 4) is 0 Å². The van der Waals surface area contributed by atoms with Gasteiger partial charge in [-0.15, -0.1) is 0 Å². The van der Waals surface area contributed by atoms with Gasteiger partial charge in [0.1, 0.15) is 0 Å². The summed E-state index contributed by atoms with van der Waals surface area (Å²) < 4.78 is 38.7. The zero-order valence-corrected chi connectivity index (χ0v) is 7.06. The fourth-order valence-electron chi connectivity index (χ4n) is 0.980. The van der Waals surface area contributed by atoms with Crippen molar-refractivity contribution in [1.82, 2.24) is 5.32 Å². The van der Waals surface area contributed by atoms with Crippen LogP contribution in [0.1, 0.15) is 12.8 Å². The summed E-state index contributed by atoms with van der Waals surface area (Å²) in [7, 11) is 0. The van der Waals surface area contributed by atoms with Crippen molar-refractivity contribution >= 4 is 11.9 Å². The number of hydrogen-bond acceptors (Lipinski definition) is 3. The van der Waals surface area contributed by atoms with Crippen LogP contribution in [0.3, 0.4) is 0 Å². The molecule has 1 atom stereocenters. The van der Waals surface area contributed by atoms with Gasteiger partial charge in [-0.25, -0.2) is 4.79 Å². The Bertz CT molecular complexity index is 243. The molecular weight excluding hydrogens is 203 g/mol. The minimum absolute atomic E-state index is 0.142. The number of amides is 1. The lowest BCUT2D eigenvalue weighted by atomic mass is 10.0. The van der Waals surface area contributed by atoms with Gasteiger partial charge in [-0.05, 0) is 0 Å². The molecule has 7 heteroatoms. The number of ether oxygens (including phenoxy) is 1. The summed E-state index contributed by atoms with van der Waals surface area (Å²) >= 11 is 0. The first-order chi connectivity index (χ1) is 6.39. The van der Waals surface area contributed by atoms with Crippen LogP contribution >= 0.6 is 0 Å². The third-order valence-electron chi connectivity index (χ3n) is 1.73. The molecule has 0 aromatic heterocycles. The standard InChI is InChI=1S/C7H8F3NO3/c8-7(9,10)6(13)14-2-1-4-3-5(12)11-4/h4H,1-3H2,(H,11,12). The van der Waals surface area contributed by atoms with Crippen LogP contribution in [0.4, 0.5) is 13.2 Å². The maximum atomic E-state index is 11.6. The van der Waals surface area contributed by atoms with Crippen molar-refractivity contribution < 1.29 is 27.5 Å². The Kier molecular flexibility index (Phi) is 2.97. The zero-order valence-electron chi connectivity index (χ0n) is 7.06. The first-order valence-electron chi connectivity index (χ1n) is 3.93. The summed E-state index contributed by atoms with van der Waals surface area (Å²) in [6.07, 6.45) is -4.44. The van der Waals surface area contributed by atoms with Crippen molar-refractivity contribution in [2.45, 2.75) is 25.1 Å². The van der Waals surface area contributed by atoms with Gasteiger partial charge in [0.2, 0.25) is 5.91 Å². The number of halogens is 3. The van der Waals surface area contributed by atoms with Gasteiger partial charge in [0.15, 0.2) is 0 Å². The topological polar surface area (TPSA) is 55.4 Å². The zero-order chi connectivity index (χ0) is 10.8. The maximum absolute atomic E-state index is 11.6. The second-order valence-electron chi connectivity index (χ2n) is 2.89. The lowest BCUT2D eigenvalue weighted by Crippen LogP contribution is -2.49. The van der Waals surface area contributed by atoms with Crippen molar-refractivity contribution in [3.63, 3.8) is 0 Å². The number of esters is 1. The average molecular weight is 211 g/mol. The average Bonchev–Trinajstić information content (AvgIpc) is 1.99. The maximum Gasteiger partial charge on any atom is 0.490 e. The van der Waals surface area contributed by atoms with Crippen LogP contribution in [-0.2, 0) is 14.3 Å². The van der Waals surface area contributed by atoms with Crippen LogP contribution in [0.25, 0.3) is 0 Å². The number of hydrogen-bond donors (Lipinski definition) is 1. The van der Waals surface area contributed by atoms with Crippen molar-refractivity contribution in [1.29, 1.82) is 0 Å². The molecule has 1 unspecified atom stereocenters. The summed E-state index contributed by atoms with van der Waals surface area (Å²) in [5.41, 5.74) is 0. The molecule has 0 spiro atoms. The Morgan fingerprint density at radius 2 is 2.14 bits per heavy atom. The van der Waals surface area contributed by atoms with Crippen LogP contribution in [0.2, 0.25) is 0 Å². The van der Waals surface area contributed by atoms with Crippen molar-refractivity contribution in [3.05, 3.63) is 0 Å². The lowest BCUT2D eigenvalue weighted by molar-refractivity contribution is -0.199. The van der Waals surface area contributed by atoms with Gasteiger partial charge >= 0.3 is 12.1 Å². The van der Waals surface area contributed by atoms with Gasteiger partial charge < -0.3 is 10.1 Å².